The Morgan fingerprint density at radius 2 is 1.63 bits per heavy atom. The number of nitrogens with one attached hydrogen (secondary N) is 2. The van der Waals surface area contributed by atoms with Gasteiger partial charge in [0.1, 0.15) is 18.1 Å². The Morgan fingerprint density at radius 1 is 1.00 bits per heavy atom. The van der Waals surface area contributed by atoms with Gasteiger partial charge in [-0.05, 0) is 61.0 Å². The molecule has 140 valence electrons. The third-order valence-electron chi connectivity index (χ3n) is 3.26. The summed E-state index contributed by atoms with van der Waals surface area (Å²) < 4.78 is 10.7. The largest absolute Gasteiger partial charge is 0.494 e. The lowest BCUT2D eigenvalue weighted by Crippen LogP contribution is -2.32. The average Bonchev–Trinajstić information content (AvgIpc) is 2.69. The summed E-state index contributed by atoms with van der Waals surface area (Å²) in [4.78, 5) is 23.6. The zero-order chi connectivity index (χ0) is 19.5. The zero-order valence-electron chi connectivity index (χ0n) is 15.0. The lowest BCUT2D eigenvalue weighted by Gasteiger charge is -2.06. The van der Waals surface area contributed by atoms with Gasteiger partial charge in [-0.3, -0.25) is 9.59 Å². The molecule has 0 radical (unpaired) electrons. The number of carbonyl (C=O) groups is 2. The monoisotopic (exact) mass is 367 g/mol. The number of benzene rings is 2. The van der Waals surface area contributed by atoms with E-state index in [-0.39, 0.29) is 0 Å². The molecule has 0 aliphatic carbocycles. The van der Waals surface area contributed by atoms with Crippen molar-refractivity contribution in [3.05, 3.63) is 66.7 Å². The molecular weight excluding hydrogens is 346 g/mol. The molecule has 7 heteroatoms. The predicted molar refractivity (Wildman–Crippen MR) is 104 cm³/mol. The quantitative estimate of drug-likeness (QED) is 0.325. The summed E-state index contributed by atoms with van der Waals surface area (Å²) >= 11 is 0. The summed E-state index contributed by atoms with van der Waals surface area (Å²) in [5.74, 6) is -0.299. The molecule has 0 saturated carbocycles. The minimum atomic E-state index is -0.869. The van der Waals surface area contributed by atoms with E-state index in [1.807, 2.05) is 6.92 Å². The Kier molecular flexibility index (Phi) is 7.59. The minimum absolute atomic E-state index is 0.424. The first kappa shape index (κ1) is 19.7. The fourth-order valence-corrected chi connectivity index (χ4v) is 2.01. The van der Waals surface area contributed by atoms with E-state index >= 15 is 0 Å². The standard InChI is InChI=1S/C20H21N3O4/c1-3-13-27-18-9-5-15(6-10-18)14-21-23-20(25)19(24)22-16-7-11-17(12-8-16)26-4-2/h3,5-12,14H,1,4,13H2,2H3,(H,22,24)(H,23,25)/b21-14+. The maximum absolute atomic E-state index is 11.9. The molecule has 0 aliphatic rings. The van der Waals surface area contributed by atoms with Crippen LogP contribution in [0.1, 0.15) is 12.5 Å². The molecule has 0 atom stereocenters. The molecule has 2 rings (SSSR count). The summed E-state index contributed by atoms with van der Waals surface area (Å²) in [6.45, 7) is 6.43. The Morgan fingerprint density at radius 3 is 2.26 bits per heavy atom. The lowest BCUT2D eigenvalue weighted by molar-refractivity contribution is -0.136. The van der Waals surface area contributed by atoms with Gasteiger partial charge in [0.25, 0.3) is 0 Å². The maximum Gasteiger partial charge on any atom is 0.329 e. The van der Waals surface area contributed by atoms with Crippen LogP contribution in [-0.4, -0.2) is 31.2 Å². The minimum Gasteiger partial charge on any atom is -0.494 e. The molecule has 0 unspecified atom stereocenters. The molecule has 2 aromatic carbocycles. The number of hydrazone groups is 1. The van der Waals surface area contributed by atoms with Crippen molar-refractivity contribution in [2.45, 2.75) is 6.92 Å². The molecular formula is C20H21N3O4. The summed E-state index contributed by atoms with van der Waals surface area (Å²) in [5.41, 5.74) is 3.41. The van der Waals surface area contributed by atoms with Crippen molar-refractivity contribution in [1.82, 2.24) is 5.43 Å². The van der Waals surface area contributed by atoms with Gasteiger partial charge in [0, 0.05) is 5.69 Å². The van der Waals surface area contributed by atoms with E-state index in [4.69, 9.17) is 9.47 Å². The number of anilines is 1. The number of hydrogen-bond acceptors (Lipinski definition) is 5. The summed E-state index contributed by atoms with van der Waals surface area (Å²) in [5, 5.41) is 6.25. The van der Waals surface area contributed by atoms with E-state index in [1.54, 1.807) is 54.6 Å². The first-order chi connectivity index (χ1) is 13.1. The number of rotatable bonds is 8. The van der Waals surface area contributed by atoms with Crippen LogP contribution in [0.2, 0.25) is 0 Å². The molecule has 2 aromatic rings. The van der Waals surface area contributed by atoms with Crippen molar-refractivity contribution < 1.29 is 19.1 Å². The molecule has 0 heterocycles. The molecule has 0 bridgehead atoms. The molecule has 2 N–H and O–H groups in total. The molecule has 27 heavy (non-hydrogen) atoms. The van der Waals surface area contributed by atoms with E-state index in [0.29, 0.717) is 30.4 Å². The second-order valence-electron chi connectivity index (χ2n) is 5.28. The molecule has 0 aromatic heterocycles. The van der Waals surface area contributed by atoms with Crippen LogP contribution in [0.5, 0.6) is 11.5 Å². The van der Waals surface area contributed by atoms with Gasteiger partial charge in [-0.2, -0.15) is 5.10 Å². The fraction of sp³-hybridized carbons (Fsp3) is 0.150. The third kappa shape index (κ3) is 6.66. The van der Waals surface area contributed by atoms with Crippen molar-refractivity contribution in [1.29, 1.82) is 0 Å². The molecule has 2 amide bonds. The normalized spacial score (nSPS) is 10.3. The van der Waals surface area contributed by atoms with Crippen LogP contribution in [-0.2, 0) is 9.59 Å². The Hall–Kier alpha value is -3.61. The average molecular weight is 367 g/mol. The highest BCUT2D eigenvalue weighted by Crippen LogP contribution is 2.15. The van der Waals surface area contributed by atoms with Crippen LogP contribution in [0.25, 0.3) is 0 Å². The van der Waals surface area contributed by atoms with Crippen molar-refractivity contribution in [2.24, 2.45) is 5.10 Å². The SMILES string of the molecule is C=CCOc1ccc(/C=N/NC(=O)C(=O)Nc2ccc(OCC)cc2)cc1. The molecule has 0 aliphatic heterocycles. The smallest absolute Gasteiger partial charge is 0.329 e. The van der Waals surface area contributed by atoms with E-state index in [0.717, 1.165) is 5.56 Å². The lowest BCUT2D eigenvalue weighted by atomic mass is 10.2. The van der Waals surface area contributed by atoms with Crippen LogP contribution >= 0.6 is 0 Å². The van der Waals surface area contributed by atoms with Crippen molar-refractivity contribution in [3.63, 3.8) is 0 Å². The zero-order valence-corrected chi connectivity index (χ0v) is 15.0. The van der Waals surface area contributed by atoms with Crippen LogP contribution in [0.15, 0.2) is 66.3 Å². The van der Waals surface area contributed by atoms with Crippen LogP contribution in [0.4, 0.5) is 5.69 Å². The predicted octanol–water partition coefficient (Wildman–Crippen LogP) is 2.74. The van der Waals surface area contributed by atoms with E-state index in [1.165, 1.54) is 6.21 Å². The van der Waals surface area contributed by atoms with Gasteiger partial charge in [-0.25, -0.2) is 5.43 Å². The van der Waals surface area contributed by atoms with Gasteiger partial charge in [0.15, 0.2) is 0 Å². The number of carbonyl (C=O) groups excluding carboxylic acids is 2. The van der Waals surface area contributed by atoms with Crippen molar-refractivity contribution in [3.8, 4) is 11.5 Å². The Bertz CT molecular complexity index is 799. The second-order valence-corrected chi connectivity index (χ2v) is 5.28. The second kappa shape index (κ2) is 10.4. The van der Waals surface area contributed by atoms with Crippen LogP contribution in [0.3, 0.4) is 0 Å². The maximum atomic E-state index is 11.9. The number of hydrogen-bond donors (Lipinski definition) is 2. The highest BCUT2D eigenvalue weighted by Gasteiger charge is 2.12. The summed E-state index contributed by atoms with van der Waals surface area (Å²) in [7, 11) is 0. The Balaban J connectivity index is 1.82. The van der Waals surface area contributed by atoms with Gasteiger partial charge in [0.2, 0.25) is 0 Å². The van der Waals surface area contributed by atoms with Gasteiger partial charge >= 0.3 is 11.8 Å². The van der Waals surface area contributed by atoms with Gasteiger partial charge < -0.3 is 14.8 Å². The van der Waals surface area contributed by atoms with Gasteiger partial charge in [-0.15, -0.1) is 0 Å². The summed E-state index contributed by atoms with van der Waals surface area (Å²) in [6, 6.07) is 13.8. The molecule has 0 fully saturated rings. The van der Waals surface area contributed by atoms with Crippen molar-refractivity contribution >= 4 is 23.7 Å². The van der Waals surface area contributed by atoms with Gasteiger partial charge in [0.05, 0.1) is 12.8 Å². The first-order valence-electron chi connectivity index (χ1n) is 8.33. The Labute approximate surface area is 157 Å². The number of nitrogens with zero attached hydrogens (tertiary/aromatic N) is 1. The number of ether oxygens (including phenoxy) is 2. The van der Waals surface area contributed by atoms with Crippen LogP contribution < -0.4 is 20.2 Å². The molecule has 0 spiro atoms. The van der Waals surface area contributed by atoms with E-state index in [9.17, 15) is 9.59 Å². The van der Waals surface area contributed by atoms with Crippen molar-refractivity contribution in [2.75, 3.05) is 18.5 Å². The molecule has 0 saturated heterocycles. The van der Waals surface area contributed by atoms with E-state index in [2.05, 4.69) is 22.4 Å². The number of amides is 2. The fourth-order valence-electron chi connectivity index (χ4n) is 2.01. The first-order valence-corrected chi connectivity index (χ1v) is 8.33. The van der Waals surface area contributed by atoms with Crippen LogP contribution in [0, 0.1) is 0 Å². The highest BCUT2D eigenvalue weighted by atomic mass is 16.5. The summed E-state index contributed by atoms with van der Waals surface area (Å²) in [6.07, 6.45) is 3.09. The topological polar surface area (TPSA) is 89.0 Å². The van der Waals surface area contributed by atoms with E-state index < -0.39 is 11.8 Å². The van der Waals surface area contributed by atoms with Gasteiger partial charge in [-0.1, -0.05) is 12.7 Å². The third-order valence-corrected chi connectivity index (χ3v) is 3.26. The molecule has 7 nitrogen and oxygen atoms in total. The highest BCUT2D eigenvalue weighted by molar-refractivity contribution is 6.39.